The molecule has 3 atom stereocenters. The maximum absolute atomic E-state index is 13.6. The van der Waals surface area contributed by atoms with Gasteiger partial charge in [-0.2, -0.15) is 0 Å². The first kappa shape index (κ1) is 12.4. The number of hydrogen-bond acceptors (Lipinski definition) is 3. The Morgan fingerprint density at radius 3 is 2.65 bits per heavy atom. The molecule has 1 aliphatic heterocycles. The van der Waals surface area contributed by atoms with Crippen LogP contribution in [0.5, 0.6) is 0 Å². The van der Waals surface area contributed by atoms with Crippen molar-refractivity contribution in [3.63, 3.8) is 0 Å². The average molecular weight is 244 g/mol. The maximum Gasteiger partial charge on any atom is 0.131 e. The van der Waals surface area contributed by atoms with Gasteiger partial charge in [0.15, 0.2) is 0 Å². The molecule has 2 rings (SSSR count). The fourth-order valence-electron chi connectivity index (χ4n) is 2.02. The van der Waals surface area contributed by atoms with Crippen LogP contribution in [0.1, 0.15) is 23.7 Å². The normalized spacial score (nSPS) is 28.6. The van der Waals surface area contributed by atoms with Gasteiger partial charge >= 0.3 is 0 Å². The van der Waals surface area contributed by atoms with E-state index in [4.69, 9.17) is 9.84 Å². The molecule has 17 heavy (non-hydrogen) atoms. The Balaban J connectivity index is 2.27. The summed E-state index contributed by atoms with van der Waals surface area (Å²) in [6.45, 7) is 1.21. The van der Waals surface area contributed by atoms with Crippen molar-refractivity contribution < 1.29 is 23.7 Å². The second-order valence-corrected chi connectivity index (χ2v) is 4.27. The third-order valence-corrected chi connectivity index (χ3v) is 3.03. The number of rotatable bonds is 2. The molecule has 0 radical (unpaired) electrons. The molecule has 2 N–H and O–H groups in total. The van der Waals surface area contributed by atoms with E-state index in [0.717, 1.165) is 6.07 Å². The fourth-order valence-corrected chi connectivity index (χ4v) is 2.02. The summed E-state index contributed by atoms with van der Waals surface area (Å²) in [7, 11) is 0. The van der Waals surface area contributed by atoms with Gasteiger partial charge in [-0.15, -0.1) is 0 Å². The standard InChI is InChI=1S/C12H14F2O3/c1-6-2-7(9(14)3-8(6)13)11-4-10(16)12(5-15)17-11/h2-3,10-12,15-16H,4-5H2,1H3/t10-,11-,12?/m1/s1. The van der Waals surface area contributed by atoms with Crippen molar-refractivity contribution in [2.75, 3.05) is 6.61 Å². The van der Waals surface area contributed by atoms with Crippen molar-refractivity contribution in [2.45, 2.75) is 31.7 Å². The van der Waals surface area contributed by atoms with E-state index in [1.807, 2.05) is 0 Å². The molecular weight excluding hydrogens is 230 g/mol. The van der Waals surface area contributed by atoms with Crippen molar-refractivity contribution in [1.82, 2.24) is 0 Å². The number of aliphatic hydroxyl groups excluding tert-OH is 2. The summed E-state index contributed by atoms with van der Waals surface area (Å²) in [4.78, 5) is 0. The van der Waals surface area contributed by atoms with E-state index in [1.165, 1.54) is 13.0 Å². The number of ether oxygens (including phenoxy) is 1. The smallest absolute Gasteiger partial charge is 0.131 e. The van der Waals surface area contributed by atoms with E-state index < -0.39 is 29.9 Å². The second kappa shape index (κ2) is 4.68. The Labute approximate surface area is 97.6 Å². The lowest BCUT2D eigenvalue weighted by molar-refractivity contribution is -0.0233. The van der Waals surface area contributed by atoms with E-state index in [9.17, 15) is 13.9 Å². The molecule has 1 saturated heterocycles. The molecule has 0 saturated carbocycles. The molecule has 0 bridgehead atoms. The van der Waals surface area contributed by atoms with Crippen LogP contribution in [0.25, 0.3) is 0 Å². The van der Waals surface area contributed by atoms with Gasteiger partial charge in [0.05, 0.1) is 18.8 Å². The summed E-state index contributed by atoms with van der Waals surface area (Å²) in [5.41, 5.74) is 0.547. The summed E-state index contributed by atoms with van der Waals surface area (Å²) in [5.74, 6) is -1.30. The lowest BCUT2D eigenvalue weighted by atomic mass is 10.0. The molecule has 0 aromatic heterocycles. The monoisotopic (exact) mass is 244 g/mol. The van der Waals surface area contributed by atoms with Crippen LogP contribution in [-0.2, 0) is 4.74 Å². The molecule has 0 amide bonds. The largest absolute Gasteiger partial charge is 0.394 e. The number of hydrogen-bond donors (Lipinski definition) is 2. The van der Waals surface area contributed by atoms with E-state index in [2.05, 4.69) is 0 Å². The summed E-state index contributed by atoms with van der Waals surface area (Å²) in [6, 6.07) is 2.19. The van der Waals surface area contributed by atoms with Gasteiger partial charge in [0, 0.05) is 18.1 Å². The number of benzene rings is 1. The SMILES string of the molecule is Cc1cc([C@H]2C[C@@H](O)C(CO)O2)c(F)cc1F. The summed E-state index contributed by atoms with van der Waals surface area (Å²) in [6.07, 6.45) is -1.96. The predicted octanol–water partition coefficient (Wildman–Crippen LogP) is 1.46. The average Bonchev–Trinajstić information content (AvgIpc) is 2.65. The van der Waals surface area contributed by atoms with E-state index >= 15 is 0 Å². The Hall–Kier alpha value is -1.04. The van der Waals surface area contributed by atoms with Gasteiger partial charge in [-0.05, 0) is 18.6 Å². The van der Waals surface area contributed by atoms with Crippen molar-refractivity contribution in [3.8, 4) is 0 Å². The molecule has 1 aliphatic rings. The van der Waals surface area contributed by atoms with Gasteiger partial charge in [0.1, 0.15) is 17.7 Å². The summed E-state index contributed by atoms with van der Waals surface area (Å²) >= 11 is 0. The van der Waals surface area contributed by atoms with Crippen LogP contribution >= 0.6 is 0 Å². The van der Waals surface area contributed by atoms with Crippen LogP contribution in [0.4, 0.5) is 8.78 Å². The van der Waals surface area contributed by atoms with Crippen LogP contribution in [0.2, 0.25) is 0 Å². The number of aliphatic hydroxyl groups is 2. The van der Waals surface area contributed by atoms with Crippen molar-refractivity contribution in [2.24, 2.45) is 0 Å². The van der Waals surface area contributed by atoms with Crippen LogP contribution in [0, 0.1) is 18.6 Å². The Morgan fingerprint density at radius 2 is 2.06 bits per heavy atom. The third-order valence-electron chi connectivity index (χ3n) is 3.03. The molecule has 1 aromatic rings. The Morgan fingerprint density at radius 1 is 1.35 bits per heavy atom. The van der Waals surface area contributed by atoms with Crippen LogP contribution < -0.4 is 0 Å². The highest BCUT2D eigenvalue weighted by molar-refractivity contribution is 5.28. The minimum atomic E-state index is -0.824. The van der Waals surface area contributed by atoms with Gasteiger partial charge in [0.2, 0.25) is 0 Å². The topological polar surface area (TPSA) is 49.7 Å². The van der Waals surface area contributed by atoms with Crippen LogP contribution in [0.3, 0.4) is 0 Å². The molecule has 1 aromatic carbocycles. The highest BCUT2D eigenvalue weighted by Crippen LogP contribution is 2.35. The molecular formula is C12H14F2O3. The first-order valence-corrected chi connectivity index (χ1v) is 5.43. The van der Waals surface area contributed by atoms with E-state index in [-0.39, 0.29) is 18.6 Å². The van der Waals surface area contributed by atoms with E-state index in [1.54, 1.807) is 0 Å². The Bertz CT molecular complexity index is 422. The third kappa shape index (κ3) is 2.31. The lowest BCUT2D eigenvalue weighted by Gasteiger charge is -2.14. The van der Waals surface area contributed by atoms with Gasteiger partial charge in [-0.3, -0.25) is 0 Å². The molecule has 1 fully saturated rings. The van der Waals surface area contributed by atoms with Crippen LogP contribution in [-0.4, -0.2) is 29.0 Å². The number of aryl methyl sites for hydroxylation is 1. The summed E-state index contributed by atoms with van der Waals surface area (Å²) < 4.78 is 32.0. The molecule has 5 heteroatoms. The predicted molar refractivity (Wildman–Crippen MR) is 56.4 cm³/mol. The zero-order valence-corrected chi connectivity index (χ0v) is 9.36. The highest BCUT2D eigenvalue weighted by atomic mass is 19.1. The number of halogens is 2. The van der Waals surface area contributed by atoms with Crippen molar-refractivity contribution in [3.05, 3.63) is 34.9 Å². The minimum absolute atomic E-state index is 0.202. The first-order valence-electron chi connectivity index (χ1n) is 5.43. The molecule has 0 aliphatic carbocycles. The zero-order valence-electron chi connectivity index (χ0n) is 9.36. The van der Waals surface area contributed by atoms with Crippen molar-refractivity contribution >= 4 is 0 Å². The molecule has 0 spiro atoms. The van der Waals surface area contributed by atoms with Gasteiger partial charge in [0.25, 0.3) is 0 Å². The quantitative estimate of drug-likeness (QED) is 0.828. The highest BCUT2D eigenvalue weighted by Gasteiger charge is 2.35. The fraction of sp³-hybridized carbons (Fsp3) is 0.500. The minimum Gasteiger partial charge on any atom is -0.394 e. The van der Waals surface area contributed by atoms with Gasteiger partial charge in [-0.25, -0.2) is 8.78 Å². The van der Waals surface area contributed by atoms with Gasteiger partial charge in [-0.1, -0.05) is 0 Å². The Kier molecular flexibility index (Phi) is 3.42. The maximum atomic E-state index is 13.6. The molecule has 3 nitrogen and oxygen atoms in total. The van der Waals surface area contributed by atoms with Crippen LogP contribution in [0.15, 0.2) is 12.1 Å². The second-order valence-electron chi connectivity index (χ2n) is 4.27. The zero-order chi connectivity index (χ0) is 12.6. The molecule has 1 unspecified atom stereocenters. The van der Waals surface area contributed by atoms with Gasteiger partial charge < -0.3 is 14.9 Å². The van der Waals surface area contributed by atoms with E-state index in [0.29, 0.717) is 5.56 Å². The lowest BCUT2D eigenvalue weighted by Crippen LogP contribution is -2.24. The molecule has 94 valence electrons. The van der Waals surface area contributed by atoms with Crippen molar-refractivity contribution in [1.29, 1.82) is 0 Å². The first-order chi connectivity index (χ1) is 8.02. The summed E-state index contributed by atoms with van der Waals surface area (Å²) in [5, 5.41) is 18.5. The molecule has 1 heterocycles.